The lowest BCUT2D eigenvalue weighted by Crippen LogP contribution is -2.57. The number of rotatable bonds is 5. The van der Waals surface area contributed by atoms with Gasteiger partial charge in [0.05, 0.1) is 12.7 Å². The molecule has 0 amide bonds. The van der Waals surface area contributed by atoms with Crippen molar-refractivity contribution < 1.29 is 14.6 Å². The molecule has 0 aromatic carbocycles. The lowest BCUT2D eigenvalue weighted by atomic mass is 9.99. The first kappa shape index (κ1) is 12.8. The molecule has 0 aromatic rings. The summed E-state index contributed by atoms with van der Waals surface area (Å²) in [6.45, 7) is 3.20. The maximum atomic E-state index is 11.3. The Hall–Kier alpha value is -0.260. The standard InChI is InChI=1S/C10H19NO3S/c1-10(13,7-15-3)6-11-5-4-8(11)9(12)14-2/h8,13H,4-7H2,1-3H3. The largest absolute Gasteiger partial charge is 0.468 e. The molecule has 2 atom stereocenters. The topological polar surface area (TPSA) is 49.8 Å². The van der Waals surface area contributed by atoms with Gasteiger partial charge in [-0.2, -0.15) is 11.8 Å². The van der Waals surface area contributed by atoms with Gasteiger partial charge >= 0.3 is 5.97 Å². The van der Waals surface area contributed by atoms with Crippen LogP contribution in [0, 0.1) is 0 Å². The van der Waals surface area contributed by atoms with Crippen LogP contribution in [0.25, 0.3) is 0 Å². The van der Waals surface area contributed by atoms with Crippen molar-refractivity contribution in [3.63, 3.8) is 0 Å². The van der Waals surface area contributed by atoms with E-state index in [1.165, 1.54) is 7.11 Å². The molecule has 1 N–H and O–H groups in total. The summed E-state index contributed by atoms with van der Waals surface area (Å²) in [6, 6.07) is -0.150. The Balaban J connectivity index is 2.42. The molecule has 1 aliphatic heterocycles. The van der Waals surface area contributed by atoms with Gasteiger partial charge in [0, 0.05) is 18.8 Å². The number of methoxy groups -OCH3 is 1. The van der Waals surface area contributed by atoms with E-state index in [1.54, 1.807) is 18.7 Å². The molecule has 1 heterocycles. The Morgan fingerprint density at radius 1 is 1.73 bits per heavy atom. The van der Waals surface area contributed by atoms with Crippen molar-refractivity contribution in [2.75, 3.05) is 32.2 Å². The van der Waals surface area contributed by atoms with Crippen LogP contribution in [0.3, 0.4) is 0 Å². The van der Waals surface area contributed by atoms with Gasteiger partial charge in [-0.3, -0.25) is 9.69 Å². The minimum atomic E-state index is -0.730. The number of carbonyl (C=O) groups is 1. The SMILES string of the molecule is COC(=O)C1CCN1CC(C)(O)CSC. The van der Waals surface area contributed by atoms with Gasteiger partial charge in [0.25, 0.3) is 0 Å². The number of aliphatic hydroxyl groups is 1. The lowest BCUT2D eigenvalue weighted by Gasteiger charge is -2.42. The first-order chi connectivity index (χ1) is 7.00. The molecule has 88 valence electrons. The van der Waals surface area contributed by atoms with Crippen molar-refractivity contribution in [1.29, 1.82) is 0 Å². The zero-order valence-electron chi connectivity index (χ0n) is 9.52. The fourth-order valence-electron chi connectivity index (χ4n) is 1.83. The number of likely N-dealkylation sites (tertiary alicyclic amines) is 1. The minimum Gasteiger partial charge on any atom is -0.468 e. The molecule has 0 aromatic heterocycles. The van der Waals surface area contributed by atoms with Gasteiger partial charge in [0.1, 0.15) is 6.04 Å². The van der Waals surface area contributed by atoms with Crippen LogP contribution in [0.5, 0.6) is 0 Å². The monoisotopic (exact) mass is 233 g/mol. The van der Waals surface area contributed by atoms with Crippen molar-refractivity contribution in [3.05, 3.63) is 0 Å². The predicted molar refractivity (Wildman–Crippen MR) is 61.0 cm³/mol. The van der Waals surface area contributed by atoms with Gasteiger partial charge in [-0.05, 0) is 19.6 Å². The Kier molecular flexibility index (Phi) is 4.43. The van der Waals surface area contributed by atoms with E-state index >= 15 is 0 Å². The van der Waals surface area contributed by atoms with Gasteiger partial charge in [-0.15, -0.1) is 0 Å². The smallest absolute Gasteiger partial charge is 0.323 e. The van der Waals surface area contributed by atoms with E-state index < -0.39 is 5.60 Å². The number of nitrogens with zero attached hydrogens (tertiary/aromatic N) is 1. The molecule has 4 nitrogen and oxygen atoms in total. The van der Waals surface area contributed by atoms with Crippen LogP contribution < -0.4 is 0 Å². The molecular weight excluding hydrogens is 214 g/mol. The van der Waals surface area contributed by atoms with Crippen LogP contribution in [0.15, 0.2) is 0 Å². The summed E-state index contributed by atoms with van der Waals surface area (Å²) in [5.41, 5.74) is -0.730. The zero-order chi connectivity index (χ0) is 11.5. The van der Waals surface area contributed by atoms with Crippen LogP contribution in [0.2, 0.25) is 0 Å². The Morgan fingerprint density at radius 2 is 2.40 bits per heavy atom. The van der Waals surface area contributed by atoms with Crippen LogP contribution in [-0.4, -0.2) is 59.8 Å². The second-order valence-electron chi connectivity index (χ2n) is 4.23. The molecule has 15 heavy (non-hydrogen) atoms. The minimum absolute atomic E-state index is 0.150. The quantitative estimate of drug-likeness (QED) is 0.694. The highest BCUT2D eigenvalue weighted by Crippen LogP contribution is 2.22. The van der Waals surface area contributed by atoms with Crippen LogP contribution in [-0.2, 0) is 9.53 Å². The summed E-state index contributed by atoms with van der Waals surface area (Å²) >= 11 is 1.61. The summed E-state index contributed by atoms with van der Waals surface area (Å²) in [7, 11) is 1.40. The second kappa shape index (κ2) is 5.18. The Labute approximate surface area is 95.0 Å². The zero-order valence-corrected chi connectivity index (χ0v) is 10.3. The highest BCUT2D eigenvalue weighted by molar-refractivity contribution is 7.98. The number of esters is 1. The number of hydrogen-bond donors (Lipinski definition) is 1. The third kappa shape index (κ3) is 3.36. The Bertz CT molecular complexity index is 233. The van der Waals surface area contributed by atoms with E-state index in [0.717, 1.165) is 13.0 Å². The van der Waals surface area contributed by atoms with Crippen molar-refractivity contribution in [2.24, 2.45) is 0 Å². The van der Waals surface area contributed by atoms with Crippen molar-refractivity contribution >= 4 is 17.7 Å². The summed E-state index contributed by atoms with van der Waals surface area (Å²) < 4.78 is 4.69. The number of hydrogen-bond acceptors (Lipinski definition) is 5. The molecule has 1 fully saturated rings. The maximum Gasteiger partial charge on any atom is 0.323 e. The van der Waals surface area contributed by atoms with Gasteiger partial charge in [0.2, 0.25) is 0 Å². The summed E-state index contributed by atoms with van der Waals surface area (Å²) in [6.07, 6.45) is 2.80. The van der Waals surface area contributed by atoms with Gasteiger partial charge < -0.3 is 9.84 Å². The molecule has 0 aliphatic carbocycles. The average molecular weight is 233 g/mol. The van der Waals surface area contributed by atoms with E-state index in [9.17, 15) is 9.90 Å². The molecule has 0 spiro atoms. The fourth-order valence-corrected chi connectivity index (χ4v) is 2.54. The van der Waals surface area contributed by atoms with E-state index in [1.807, 2.05) is 11.2 Å². The molecule has 1 aliphatic rings. The molecular formula is C10H19NO3S. The lowest BCUT2D eigenvalue weighted by molar-refractivity contribution is -0.153. The van der Waals surface area contributed by atoms with E-state index in [-0.39, 0.29) is 12.0 Å². The van der Waals surface area contributed by atoms with Crippen molar-refractivity contribution in [3.8, 4) is 0 Å². The molecule has 5 heteroatoms. The van der Waals surface area contributed by atoms with Gasteiger partial charge in [-0.25, -0.2) is 0 Å². The molecule has 0 bridgehead atoms. The number of thioether (sulfide) groups is 1. The predicted octanol–water partition coefficient (Wildman–Crippen LogP) is 0.348. The molecule has 1 saturated heterocycles. The van der Waals surface area contributed by atoms with E-state index in [4.69, 9.17) is 4.74 Å². The van der Waals surface area contributed by atoms with Gasteiger partial charge in [-0.1, -0.05) is 0 Å². The number of ether oxygens (including phenoxy) is 1. The Morgan fingerprint density at radius 3 is 2.80 bits per heavy atom. The first-order valence-electron chi connectivity index (χ1n) is 5.03. The van der Waals surface area contributed by atoms with Gasteiger partial charge in [0.15, 0.2) is 0 Å². The van der Waals surface area contributed by atoms with E-state index in [2.05, 4.69) is 0 Å². The number of carbonyl (C=O) groups excluding carboxylic acids is 1. The first-order valence-corrected chi connectivity index (χ1v) is 6.43. The number of β-amino-alcohol motifs (C(OH)–C–C–N with tert-alkyl or cyclic N) is 1. The third-order valence-corrected chi connectivity index (χ3v) is 3.51. The van der Waals surface area contributed by atoms with Crippen molar-refractivity contribution in [1.82, 2.24) is 4.90 Å². The van der Waals surface area contributed by atoms with Crippen LogP contribution >= 0.6 is 11.8 Å². The normalized spacial score (nSPS) is 25.5. The molecule has 1 rings (SSSR count). The fraction of sp³-hybridized carbons (Fsp3) is 0.900. The second-order valence-corrected chi connectivity index (χ2v) is 5.09. The summed E-state index contributed by atoms with van der Waals surface area (Å²) in [4.78, 5) is 13.3. The third-order valence-electron chi connectivity index (χ3n) is 2.60. The highest BCUT2D eigenvalue weighted by atomic mass is 32.2. The van der Waals surface area contributed by atoms with Crippen molar-refractivity contribution in [2.45, 2.75) is 25.0 Å². The van der Waals surface area contributed by atoms with Crippen LogP contribution in [0.4, 0.5) is 0 Å². The summed E-state index contributed by atoms with van der Waals surface area (Å²) in [5.74, 6) is 0.485. The highest BCUT2D eigenvalue weighted by Gasteiger charge is 2.38. The average Bonchev–Trinajstić information content (AvgIpc) is 2.12. The molecule has 0 radical (unpaired) electrons. The summed E-state index contributed by atoms with van der Waals surface area (Å²) in [5, 5.41) is 10.0. The molecule has 0 saturated carbocycles. The molecule has 2 unspecified atom stereocenters. The van der Waals surface area contributed by atoms with Crippen LogP contribution in [0.1, 0.15) is 13.3 Å². The maximum absolute atomic E-state index is 11.3. The van der Waals surface area contributed by atoms with E-state index in [0.29, 0.717) is 12.3 Å².